The van der Waals surface area contributed by atoms with E-state index in [0.717, 1.165) is 16.6 Å². The molecule has 112 valence electrons. The topological polar surface area (TPSA) is 59.8 Å². The fraction of sp³-hybridized carbons (Fsp3) is 0.188. The predicted octanol–water partition coefficient (Wildman–Crippen LogP) is 2.96. The maximum atomic E-state index is 12.2. The average Bonchev–Trinajstić information content (AvgIpc) is 2.90. The van der Waals surface area contributed by atoms with E-state index in [1.165, 1.54) is 0 Å². The molecule has 22 heavy (non-hydrogen) atoms. The van der Waals surface area contributed by atoms with E-state index in [-0.39, 0.29) is 18.5 Å². The van der Waals surface area contributed by atoms with Gasteiger partial charge in [0.2, 0.25) is 5.91 Å². The van der Waals surface area contributed by atoms with Gasteiger partial charge < -0.3 is 5.32 Å². The number of amides is 1. The molecule has 0 aliphatic heterocycles. The number of hydrogen-bond donors (Lipinski definition) is 1. The molecule has 0 radical (unpaired) electrons. The minimum Gasteiger partial charge on any atom is -0.348 e. The molecule has 0 fully saturated rings. The van der Waals surface area contributed by atoms with Gasteiger partial charge in [0.25, 0.3) is 0 Å². The summed E-state index contributed by atoms with van der Waals surface area (Å²) in [5.74, 6) is -0.122. The number of aromatic nitrogens is 3. The van der Waals surface area contributed by atoms with Crippen molar-refractivity contribution >= 4 is 28.5 Å². The molecule has 1 N–H and O–H groups in total. The van der Waals surface area contributed by atoms with Crippen LogP contribution in [0.1, 0.15) is 18.5 Å². The molecule has 0 unspecified atom stereocenters. The molecule has 6 heteroatoms. The van der Waals surface area contributed by atoms with E-state index in [0.29, 0.717) is 5.02 Å². The molecule has 0 spiro atoms. The minimum absolute atomic E-state index is 0.122. The lowest BCUT2D eigenvalue weighted by atomic mass is 10.1. The molecule has 0 aliphatic carbocycles. The lowest BCUT2D eigenvalue weighted by molar-refractivity contribution is -0.122. The van der Waals surface area contributed by atoms with Crippen molar-refractivity contribution in [3.63, 3.8) is 0 Å². The number of hydrogen-bond acceptors (Lipinski definition) is 3. The van der Waals surface area contributed by atoms with E-state index in [2.05, 4.69) is 15.6 Å². The van der Waals surface area contributed by atoms with E-state index < -0.39 is 0 Å². The van der Waals surface area contributed by atoms with Crippen LogP contribution in [0.15, 0.2) is 48.5 Å². The zero-order valence-electron chi connectivity index (χ0n) is 12.0. The highest BCUT2D eigenvalue weighted by Crippen LogP contribution is 2.17. The van der Waals surface area contributed by atoms with Crippen LogP contribution in [0.4, 0.5) is 0 Å². The number of halogens is 1. The maximum absolute atomic E-state index is 12.2. The second-order valence-electron chi connectivity index (χ2n) is 5.08. The van der Waals surface area contributed by atoms with Gasteiger partial charge in [-0.1, -0.05) is 41.1 Å². The summed E-state index contributed by atoms with van der Waals surface area (Å²) >= 11 is 5.97. The van der Waals surface area contributed by atoms with Gasteiger partial charge in [-0.3, -0.25) is 4.79 Å². The molecule has 3 aromatic rings. The molecule has 5 nitrogen and oxygen atoms in total. The lowest BCUT2D eigenvalue weighted by Crippen LogP contribution is -2.30. The first-order chi connectivity index (χ1) is 10.6. The van der Waals surface area contributed by atoms with Crippen LogP contribution in [-0.2, 0) is 11.3 Å². The molecule has 2 aromatic carbocycles. The van der Waals surface area contributed by atoms with E-state index in [1.807, 2.05) is 49.4 Å². The first-order valence-corrected chi connectivity index (χ1v) is 7.34. The summed E-state index contributed by atoms with van der Waals surface area (Å²) in [4.78, 5) is 12.2. The van der Waals surface area contributed by atoms with Crippen LogP contribution in [0.3, 0.4) is 0 Å². The van der Waals surface area contributed by atoms with Crippen molar-refractivity contribution in [1.82, 2.24) is 20.3 Å². The SMILES string of the molecule is C[C@@H](NC(=O)Cn1nnc2ccccc21)c1cccc(Cl)c1. The van der Waals surface area contributed by atoms with E-state index in [1.54, 1.807) is 10.7 Å². The molecule has 0 saturated heterocycles. The number of rotatable bonds is 4. The van der Waals surface area contributed by atoms with Gasteiger partial charge in [0.05, 0.1) is 11.6 Å². The Bertz CT molecular complexity index is 815. The number of nitrogens with zero attached hydrogens (tertiary/aromatic N) is 3. The second kappa shape index (κ2) is 6.15. The Morgan fingerprint density at radius 3 is 2.91 bits per heavy atom. The monoisotopic (exact) mass is 314 g/mol. The average molecular weight is 315 g/mol. The van der Waals surface area contributed by atoms with Crippen LogP contribution in [0.2, 0.25) is 5.02 Å². The molecular weight excluding hydrogens is 300 g/mol. The molecule has 0 saturated carbocycles. The molecule has 1 aromatic heterocycles. The molecule has 1 atom stereocenters. The number of nitrogens with one attached hydrogen (secondary N) is 1. The number of carbonyl (C=O) groups is 1. The standard InChI is InChI=1S/C16H15ClN4O/c1-11(12-5-4-6-13(17)9-12)18-16(22)10-21-15-8-3-2-7-14(15)19-20-21/h2-9,11H,10H2,1H3,(H,18,22)/t11-/m1/s1. The van der Waals surface area contributed by atoms with Gasteiger partial charge in [-0.15, -0.1) is 5.10 Å². The molecule has 0 bridgehead atoms. The number of carbonyl (C=O) groups excluding carboxylic acids is 1. The molecular formula is C16H15ClN4O. The van der Waals surface area contributed by atoms with Gasteiger partial charge in [-0.25, -0.2) is 4.68 Å². The Balaban J connectivity index is 1.70. The highest BCUT2D eigenvalue weighted by molar-refractivity contribution is 6.30. The lowest BCUT2D eigenvalue weighted by Gasteiger charge is -2.14. The Hall–Kier alpha value is -2.40. The zero-order valence-corrected chi connectivity index (χ0v) is 12.8. The molecule has 1 amide bonds. The van der Waals surface area contributed by atoms with Crippen molar-refractivity contribution in [1.29, 1.82) is 0 Å². The largest absolute Gasteiger partial charge is 0.348 e. The number of fused-ring (bicyclic) bond motifs is 1. The predicted molar refractivity (Wildman–Crippen MR) is 85.5 cm³/mol. The van der Waals surface area contributed by atoms with Crippen molar-refractivity contribution in [2.45, 2.75) is 19.5 Å². The van der Waals surface area contributed by atoms with Gasteiger partial charge in [0, 0.05) is 5.02 Å². The van der Waals surface area contributed by atoms with Crippen LogP contribution in [0.5, 0.6) is 0 Å². The van der Waals surface area contributed by atoms with Crippen LogP contribution < -0.4 is 5.32 Å². The summed E-state index contributed by atoms with van der Waals surface area (Å²) in [5, 5.41) is 11.6. The number of benzene rings is 2. The minimum atomic E-state index is -0.124. The third kappa shape index (κ3) is 3.09. The third-order valence-electron chi connectivity index (χ3n) is 3.44. The second-order valence-corrected chi connectivity index (χ2v) is 5.52. The summed E-state index contributed by atoms with van der Waals surface area (Å²) in [5.41, 5.74) is 2.58. The summed E-state index contributed by atoms with van der Waals surface area (Å²) in [6, 6.07) is 14.9. The first kappa shape index (κ1) is 14.5. The highest BCUT2D eigenvalue weighted by atomic mass is 35.5. The fourth-order valence-corrected chi connectivity index (χ4v) is 2.52. The smallest absolute Gasteiger partial charge is 0.242 e. The van der Waals surface area contributed by atoms with E-state index in [4.69, 9.17) is 11.6 Å². The molecule has 1 heterocycles. The highest BCUT2D eigenvalue weighted by Gasteiger charge is 2.12. The summed E-state index contributed by atoms with van der Waals surface area (Å²) in [7, 11) is 0. The van der Waals surface area contributed by atoms with Crippen LogP contribution >= 0.6 is 11.6 Å². The van der Waals surface area contributed by atoms with Crippen LogP contribution in [0, 0.1) is 0 Å². The summed E-state index contributed by atoms with van der Waals surface area (Å²) in [6.45, 7) is 2.05. The van der Waals surface area contributed by atoms with Crippen molar-refractivity contribution in [2.24, 2.45) is 0 Å². The van der Waals surface area contributed by atoms with Crippen molar-refractivity contribution in [3.8, 4) is 0 Å². The maximum Gasteiger partial charge on any atom is 0.242 e. The van der Waals surface area contributed by atoms with E-state index in [9.17, 15) is 4.79 Å². The van der Waals surface area contributed by atoms with Crippen LogP contribution in [0.25, 0.3) is 11.0 Å². The normalized spacial score (nSPS) is 12.3. The van der Waals surface area contributed by atoms with Gasteiger partial charge in [0.15, 0.2) is 0 Å². The third-order valence-corrected chi connectivity index (χ3v) is 3.67. The first-order valence-electron chi connectivity index (χ1n) is 6.96. The van der Waals surface area contributed by atoms with Gasteiger partial charge in [-0.2, -0.15) is 0 Å². The van der Waals surface area contributed by atoms with Gasteiger partial charge >= 0.3 is 0 Å². The van der Waals surface area contributed by atoms with Crippen LogP contribution in [-0.4, -0.2) is 20.9 Å². The summed E-state index contributed by atoms with van der Waals surface area (Å²) in [6.07, 6.45) is 0. The van der Waals surface area contributed by atoms with Crippen molar-refractivity contribution in [3.05, 3.63) is 59.1 Å². The van der Waals surface area contributed by atoms with Gasteiger partial charge in [-0.05, 0) is 36.8 Å². The van der Waals surface area contributed by atoms with Gasteiger partial charge in [0.1, 0.15) is 12.1 Å². The Kier molecular flexibility index (Phi) is 4.06. The molecule has 3 rings (SSSR count). The Morgan fingerprint density at radius 1 is 1.27 bits per heavy atom. The summed E-state index contributed by atoms with van der Waals surface area (Å²) < 4.78 is 1.59. The van der Waals surface area contributed by atoms with Crippen molar-refractivity contribution < 1.29 is 4.79 Å². The fourth-order valence-electron chi connectivity index (χ4n) is 2.32. The Labute approximate surface area is 132 Å². The molecule has 0 aliphatic rings. The quantitative estimate of drug-likeness (QED) is 0.805. The van der Waals surface area contributed by atoms with E-state index >= 15 is 0 Å². The Morgan fingerprint density at radius 2 is 2.09 bits per heavy atom. The number of para-hydroxylation sites is 1. The van der Waals surface area contributed by atoms with Crippen molar-refractivity contribution in [2.75, 3.05) is 0 Å². The zero-order chi connectivity index (χ0) is 15.5.